The number of hydrogen-bond acceptors (Lipinski definition) is 5. The minimum absolute atomic E-state index is 0.117. The molecular formula is C17H20N6O. The minimum Gasteiger partial charge on any atom is -0.308 e. The van der Waals surface area contributed by atoms with Crippen LogP contribution in [-0.4, -0.2) is 57.7 Å². The Labute approximate surface area is 140 Å². The number of rotatable bonds is 5. The predicted octanol–water partition coefficient (Wildman–Crippen LogP) is 1.57. The summed E-state index contributed by atoms with van der Waals surface area (Å²) in [6.45, 7) is 1.29. The zero-order chi connectivity index (χ0) is 17.1. The van der Waals surface area contributed by atoms with Crippen LogP contribution in [0.5, 0.6) is 0 Å². The Morgan fingerprint density at radius 2 is 2.00 bits per heavy atom. The molecular weight excluding hydrogens is 304 g/mol. The van der Waals surface area contributed by atoms with Crippen molar-refractivity contribution >= 4 is 22.8 Å². The van der Waals surface area contributed by atoms with E-state index in [1.165, 1.54) is 0 Å². The maximum atomic E-state index is 13.0. The fourth-order valence-corrected chi connectivity index (χ4v) is 2.45. The van der Waals surface area contributed by atoms with E-state index in [-0.39, 0.29) is 5.91 Å². The van der Waals surface area contributed by atoms with Crippen molar-refractivity contribution in [3.63, 3.8) is 0 Å². The third kappa shape index (κ3) is 3.26. The van der Waals surface area contributed by atoms with Gasteiger partial charge in [-0.1, -0.05) is 6.07 Å². The Bertz CT molecular complexity index is 843. The van der Waals surface area contributed by atoms with Gasteiger partial charge in [0.25, 0.3) is 5.91 Å². The van der Waals surface area contributed by atoms with Gasteiger partial charge in [-0.3, -0.25) is 14.4 Å². The maximum Gasteiger partial charge on any atom is 0.261 e. The van der Waals surface area contributed by atoms with Crippen LogP contribution in [0.25, 0.3) is 11.0 Å². The molecule has 0 fully saturated rings. The lowest BCUT2D eigenvalue weighted by Gasteiger charge is -2.23. The molecule has 7 heteroatoms. The maximum absolute atomic E-state index is 13.0. The van der Waals surface area contributed by atoms with Gasteiger partial charge in [0.2, 0.25) is 0 Å². The number of anilines is 1. The average Bonchev–Trinajstić information content (AvgIpc) is 2.96. The molecule has 0 N–H and O–H groups in total. The lowest BCUT2D eigenvalue weighted by Crippen LogP contribution is -2.37. The zero-order valence-electron chi connectivity index (χ0n) is 14.0. The summed E-state index contributed by atoms with van der Waals surface area (Å²) >= 11 is 0. The molecule has 1 amide bonds. The molecule has 0 radical (unpaired) electrons. The highest BCUT2D eigenvalue weighted by Gasteiger charge is 2.20. The smallest absolute Gasteiger partial charge is 0.261 e. The van der Waals surface area contributed by atoms with Gasteiger partial charge in [0.15, 0.2) is 5.65 Å². The van der Waals surface area contributed by atoms with E-state index in [1.807, 2.05) is 50.3 Å². The van der Waals surface area contributed by atoms with Crippen LogP contribution < -0.4 is 4.90 Å². The first kappa shape index (κ1) is 16.1. The van der Waals surface area contributed by atoms with Crippen LogP contribution in [0.15, 0.2) is 42.9 Å². The van der Waals surface area contributed by atoms with E-state index >= 15 is 0 Å². The topological polar surface area (TPSA) is 67.2 Å². The molecule has 0 aromatic carbocycles. The van der Waals surface area contributed by atoms with Crippen LogP contribution in [0, 0.1) is 0 Å². The van der Waals surface area contributed by atoms with Gasteiger partial charge in [0.1, 0.15) is 5.82 Å². The van der Waals surface area contributed by atoms with Crippen LogP contribution >= 0.6 is 0 Å². The Hall–Kier alpha value is -2.80. The summed E-state index contributed by atoms with van der Waals surface area (Å²) in [6.07, 6.45) is 5.00. The van der Waals surface area contributed by atoms with Crippen LogP contribution in [0.2, 0.25) is 0 Å². The van der Waals surface area contributed by atoms with E-state index in [2.05, 4.69) is 15.1 Å². The molecule has 0 bridgehead atoms. The van der Waals surface area contributed by atoms with E-state index < -0.39 is 0 Å². The minimum atomic E-state index is -0.117. The molecule has 0 saturated heterocycles. The van der Waals surface area contributed by atoms with Crippen LogP contribution in [0.3, 0.4) is 0 Å². The van der Waals surface area contributed by atoms with Crippen molar-refractivity contribution < 1.29 is 4.79 Å². The first-order chi connectivity index (χ1) is 11.6. The molecule has 0 aliphatic carbocycles. The highest BCUT2D eigenvalue weighted by molar-refractivity contribution is 6.06. The van der Waals surface area contributed by atoms with Gasteiger partial charge in [-0.15, -0.1) is 0 Å². The number of pyridine rings is 2. The van der Waals surface area contributed by atoms with Gasteiger partial charge < -0.3 is 4.90 Å². The lowest BCUT2D eigenvalue weighted by molar-refractivity contribution is 0.0984. The quantitative estimate of drug-likeness (QED) is 0.713. The molecule has 3 aromatic rings. The van der Waals surface area contributed by atoms with E-state index in [4.69, 9.17) is 0 Å². The molecule has 3 rings (SSSR count). The summed E-state index contributed by atoms with van der Waals surface area (Å²) in [5, 5.41) is 5.01. The summed E-state index contributed by atoms with van der Waals surface area (Å²) < 4.78 is 1.69. The number of aryl methyl sites for hydroxylation is 1. The number of fused-ring (bicyclic) bond motifs is 1. The molecule has 124 valence electrons. The van der Waals surface area contributed by atoms with Gasteiger partial charge in [0, 0.05) is 37.9 Å². The lowest BCUT2D eigenvalue weighted by atomic mass is 10.2. The molecule has 24 heavy (non-hydrogen) atoms. The molecule has 3 aromatic heterocycles. The van der Waals surface area contributed by atoms with E-state index in [1.54, 1.807) is 28.2 Å². The van der Waals surface area contributed by atoms with Crippen molar-refractivity contribution in [2.24, 2.45) is 7.05 Å². The number of hydrogen-bond donors (Lipinski definition) is 0. The van der Waals surface area contributed by atoms with Crippen LogP contribution in [0.1, 0.15) is 10.4 Å². The summed E-state index contributed by atoms with van der Waals surface area (Å²) in [5.74, 6) is 0.518. The van der Waals surface area contributed by atoms with Crippen molar-refractivity contribution in [3.05, 3.63) is 48.4 Å². The molecule has 3 heterocycles. The Kier molecular flexibility index (Phi) is 4.52. The third-order valence-electron chi connectivity index (χ3n) is 3.76. The molecule has 0 aliphatic heterocycles. The molecule has 0 atom stereocenters. The number of nitrogens with zero attached hydrogens (tertiary/aromatic N) is 6. The van der Waals surface area contributed by atoms with Crippen LogP contribution in [-0.2, 0) is 7.05 Å². The Morgan fingerprint density at radius 3 is 2.71 bits per heavy atom. The fourth-order valence-electron chi connectivity index (χ4n) is 2.45. The normalized spacial score (nSPS) is 11.2. The van der Waals surface area contributed by atoms with E-state index in [0.29, 0.717) is 17.9 Å². The monoisotopic (exact) mass is 324 g/mol. The second-order valence-electron chi connectivity index (χ2n) is 5.85. The second-order valence-corrected chi connectivity index (χ2v) is 5.85. The molecule has 0 aliphatic rings. The third-order valence-corrected chi connectivity index (χ3v) is 3.76. The molecule has 0 unspecified atom stereocenters. The fraction of sp³-hybridized carbons (Fsp3) is 0.294. The van der Waals surface area contributed by atoms with Gasteiger partial charge in [-0.25, -0.2) is 9.97 Å². The van der Waals surface area contributed by atoms with Crippen LogP contribution in [0.4, 0.5) is 5.82 Å². The number of aromatic nitrogens is 4. The zero-order valence-corrected chi connectivity index (χ0v) is 14.0. The molecule has 0 saturated carbocycles. The van der Waals surface area contributed by atoms with Crippen molar-refractivity contribution in [1.29, 1.82) is 0 Å². The van der Waals surface area contributed by atoms with Crippen molar-refractivity contribution in [2.75, 3.05) is 32.1 Å². The van der Waals surface area contributed by atoms with E-state index in [9.17, 15) is 4.79 Å². The SMILES string of the molecule is CN(C)CCN(C(=O)c1cnc2c(cnn2C)c1)c1ccccn1. The standard InChI is InChI=1S/C17H20N6O/c1-21(2)8-9-23(15-6-4-5-7-18-15)17(24)14-10-13-12-20-22(3)16(13)19-11-14/h4-7,10-12H,8-9H2,1-3H3. The van der Waals surface area contributed by atoms with Crippen molar-refractivity contribution in [3.8, 4) is 0 Å². The summed E-state index contributed by atoms with van der Waals surface area (Å²) in [4.78, 5) is 25.4. The van der Waals surface area contributed by atoms with Gasteiger partial charge in [-0.05, 0) is 32.3 Å². The molecule has 7 nitrogen and oxygen atoms in total. The number of likely N-dealkylation sites (N-methyl/N-ethyl adjacent to an activating group) is 1. The number of carbonyl (C=O) groups excluding carboxylic acids is 1. The van der Waals surface area contributed by atoms with Crippen molar-refractivity contribution in [1.82, 2.24) is 24.6 Å². The van der Waals surface area contributed by atoms with Gasteiger partial charge in [-0.2, -0.15) is 5.10 Å². The van der Waals surface area contributed by atoms with Gasteiger partial charge in [0.05, 0.1) is 11.8 Å². The Morgan fingerprint density at radius 1 is 1.17 bits per heavy atom. The highest BCUT2D eigenvalue weighted by atomic mass is 16.2. The predicted molar refractivity (Wildman–Crippen MR) is 93.0 cm³/mol. The Balaban J connectivity index is 1.94. The first-order valence-corrected chi connectivity index (χ1v) is 7.71. The largest absolute Gasteiger partial charge is 0.308 e. The summed E-state index contributed by atoms with van der Waals surface area (Å²) in [6, 6.07) is 7.37. The average molecular weight is 324 g/mol. The van der Waals surface area contributed by atoms with Gasteiger partial charge >= 0.3 is 0 Å². The number of amides is 1. The van der Waals surface area contributed by atoms with E-state index in [0.717, 1.165) is 17.6 Å². The first-order valence-electron chi connectivity index (χ1n) is 7.71. The number of carbonyl (C=O) groups is 1. The highest BCUT2D eigenvalue weighted by Crippen LogP contribution is 2.17. The summed E-state index contributed by atoms with van der Waals surface area (Å²) in [5.41, 5.74) is 1.28. The molecule has 0 spiro atoms. The summed E-state index contributed by atoms with van der Waals surface area (Å²) in [7, 11) is 5.78. The van der Waals surface area contributed by atoms with Crippen molar-refractivity contribution in [2.45, 2.75) is 0 Å². The second kappa shape index (κ2) is 6.76.